The number of nitrogens with one attached hydrogen (secondary N) is 1. The Bertz CT molecular complexity index is 1300. The van der Waals surface area contributed by atoms with Gasteiger partial charge in [0.15, 0.2) is 6.10 Å². The first-order chi connectivity index (χ1) is 17.6. The van der Waals surface area contributed by atoms with Crippen LogP contribution in [0, 0.1) is 0 Å². The number of carbonyl (C=O) groups excluding carboxylic acids is 1. The van der Waals surface area contributed by atoms with E-state index in [1.165, 1.54) is 24.1 Å². The van der Waals surface area contributed by atoms with Crippen molar-refractivity contribution >= 4 is 40.6 Å². The van der Waals surface area contributed by atoms with E-state index in [4.69, 9.17) is 32.8 Å². The first-order valence-corrected chi connectivity index (χ1v) is 11.9. The maximum atomic E-state index is 13.3. The van der Waals surface area contributed by atoms with Gasteiger partial charge >= 0.3 is 12.2 Å². The van der Waals surface area contributed by atoms with Crippen LogP contribution in [0.1, 0.15) is 23.1 Å². The Labute approximate surface area is 221 Å². The Balaban J connectivity index is 1.51. The Hall–Kier alpha value is -3.43. The maximum Gasteiger partial charge on any atom is 0.416 e. The van der Waals surface area contributed by atoms with Gasteiger partial charge in [0.25, 0.3) is 0 Å². The molecule has 0 saturated carbocycles. The standard InChI is InChI=1S/C26H22Cl2F3N3O3/c1-36-24-5-3-2-4-22(24)32-25(35)34(14-16-6-9-18(10-7-16)26(29,30)31)15-19-13-23(33-37-19)17-8-11-20(27)21(28)12-17/h2-12,19H,13-15H2,1H3,(H,32,35). The molecule has 11 heteroatoms. The van der Waals surface area contributed by atoms with Crippen LogP contribution in [0.5, 0.6) is 5.75 Å². The largest absolute Gasteiger partial charge is 0.495 e. The summed E-state index contributed by atoms with van der Waals surface area (Å²) in [5, 5.41) is 7.74. The van der Waals surface area contributed by atoms with Gasteiger partial charge in [-0.1, -0.05) is 58.7 Å². The summed E-state index contributed by atoms with van der Waals surface area (Å²) in [6, 6.07) is 16.2. The van der Waals surface area contributed by atoms with Crippen LogP contribution in [-0.4, -0.2) is 36.4 Å². The second-order valence-corrected chi connectivity index (χ2v) is 9.12. The third-order valence-electron chi connectivity index (χ3n) is 5.70. The van der Waals surface area contributed by atoms with Crippen LogP contribution in [0.15, 0.2) is 71.9 Å². The number of carbonyl (C=O) groups is 1. The number of para-hydroxylation sites is 2. The van der Waals surface area contributed by atoms with Gasteiger partial charge in [-0.3, -0.25) is 0 Å². The number of nitrogens with zero attached hydrogens (tertiary/aromatic N) is 2. The van der Waals surface area contributed by atoms with Crippen LogP contribution in [0.2, 0.25) is 10.0 Å². The minimum Gasteiger partial charge on any atom is -0.495 e. The number of ether oxygens (including phenoxy) is 1. The van der Waals surface area contributed by atoms with Crippen LogP contribution in [0.25, 0.3) is 0 Å². The Morgan fingerprint density at radius 3 is 2.51 bits per heavy atom. The summed E-state index contributed by atoms with van der Waals surface area (Å²) in [5.74, 6) is 0.465. The molecule has 0 spiro atoms. The average Bonchev–Trinajstić information content (AvgIpc) is 3.34. The normalized spacial score (nSPS) is 15.1. The van der Waals surface area contributed by atoms with Gasteiger partial charge in [0.2, 0.25) is 0 Å². The number of amides is 2. The summed E-state index contributed by atoms with van der Waals surface area (Å²) in [4.78, 5) is 20.3. The second-order valence-electron chi connectivity index (χ2n) is 8.30. The van der Waals surface area contributed by atoms with Crippen molar-refractivity contribution < 1.29 is 27.5 Å². The SMILES string of the molecule is COc1ccccc1NC(=O)N(Cc1ccc(C(F)(F)F)cc1)CC1CC(c2ccc(Cl)c(Cl)c2)=NO1. The predicted octanol–water partition coefficient (Wildman–Crippen LogP) is 7.25. The number of alkyl halides is 3. The number of anilines is 1. The molecule has 1 unspecified atom stereocenters. The smallest absolute Gasteiger partial charge is 0.416 e. The van der Waals surface area contributed by atoms with Crippen molar-refractivity contribution in [3.63, 3.8) is 0 Å². The van der Waals surface area contributed by atoms with Crippen molar-refractivity contribution in [1.29, 1.82) is 0 Å². The highest BCUT2D eigenvalue weighted by molar-refractivity contribution is 6.42. The van der Waals surface area contributed by atoms with Gasteiger partial charge in [-0.15, -0.1) is 0 Å². The van der Waals surface area contributed by atoms with E-state index in [1.54, 1.807) is 42.5 Å². The van der Waals surface area contributed by atoms with E-state index in [0.717, 1.165) is 17.7 Å². The van der Waals surface area contributed by atoms with Gasteiger partial charge in [0.05, 0.1) is 40.7 Å². The van der Waals surface area contributed by atoms with Crippen LogP contribution >= 0.6 is 23.2 Å². The summed E-state index contributed by atoms with van der Waals surface area (Å²) < 4.78 is 44.3. The predicted molar refractivity (Wildman–Crippen MR) is 136 cm³/mol. The fourth-order valence-corrected chi connectivity index (χ4v) is 4.10. The van der Waals surface area contributed by atoms with Gasteiger partial charge in [0.1, 0.15) is 5.75 Å². The molecule has 1 aliphatic rings. The van der Waals surface area contributed by atoms with Crippen molar-refractivity contribution in [2.75, 3.05) is 19.0 Å². The fourth-order valence-electron chi connectivity index (χ4n) is 3.80. The van der Waals surface area contributed by atoms with Gasteiger partial charge in [-0.2, -0.15) is 13.2 Å². The molecule has 0 saturated heterocycles. The molecular weight excluding hydrogens is 530 g/mol. The molecule has 0 aromatic heterocycles. The number of hydrogen-bond donors (Lipinski definition) is 1. The molecule has 1 heterocycles. The lowest BCUT2D eigenvalue weighted by atomic mass is 10.0. The van der Waals surface area contributed by atoms with Crippen LogP contribution in [0.3, 0.4) is 0 Å². The topological polar surface area (TPSA) is 63.2 Å². The Morgan fingerprint density at radius 1 is 1.11 bits per heavy atom. The van der Waals surface area contributed by atoms with Gasteiger partial charge < -0.3 is 19.8 Å². The number of halogens is 5. The molecule has 0 fully saturated rings. The van der Waals surface area contributed by atoms with E-state index >= 15 is 0 Å². The number of hydrogen-bond acceptors (Lipinski definition) is 4. The summed E-state index contributed by atoms with van der Waals surface area (Å²) in [7, 11) is 1.49. The molecule has 2 amide bonds. The minimum atomic E-state index is -4.45. The molecule has 4 rings (SSSR count). The molecule has 1 N–H and O–H groups in total. The summed E-state index contributed by atoms with van der Waals surface area (Å²) in [6.07, 6.45) is -4.54. The molecular formula is C26H22Cl2F3N3O3. The van der Waals surface area contributed by atoms with Gasteiger partial charge in [-0.25, -0.2) is 4.79 Å². The molecule has 0 aliphatic carbocycles. The highest BCUT2D eigenvalue weighted by atomic mass is 35.5. The lowest BCUT2D eigenvalue weighted by Gasteiger charge is -2.26. The molecule has 194 valence electrons. The zero-order valence-corrected chi connectivity index (χ0v) is 21.1. The Morgan fingerprint density at radius 2 is 1.84 bits per heavy atom. The van der Waals surface area contributed by atoms with Crippen LogP contribution in [0.4, 0.5) is 23.7 Å². The molecule has 1 atom stereocenters. The molecule has 37 heavy (non-hydrogen) atoms. The highest BCUT2D eigenvalue weighted by Crippen LogP contribution is 2.30. The zero-order chi connectivity index (χ0) is 26.6. The fraction of sp³-hybridized carbons (Fsp3) is 0.231. The summed E-state index contributed by atoms with van der Waals surface area (Å²) in [5.41, 5.74) is 1.59. The highest BCUT2D eigenvalue weighted by Gasteiger charge is 2.31. The molecule has 3 aromatic carbocycles. The van der Waals surface area contributed by atoms with Crippen LogP contribution in [-0.2, 0) is 17.6 Å². The number of urea groups is 1. The maximum absolute atomic E-state index is 13.3. The van der Waals surface area contributed by atoms with Gasteiger partial charge in [0, 0.05) is 18.5 Å². The lowest BCUT2D eigenvalue weighted by molar-refractivity contribution is -0.137. The van der Waals surface area contributed by atoms with E-state index in [2.05, 4.69) is 10.5 Å². The van der Waals surface area contributed by atoms with Crippen molar-refractivity contribution in [1.82, 2.24) is 4.90 Å². The van der Waals surface area contributed by atoms with Crippen molar-refractivity contribution in [3.8, 4) is 5.75 Å². The zero-order valence-electron chi connectivity index (χ0n) is 19.6. The first-order valence-electron chi connectivity index (χ1n) is 11.2. The third kappa shape index (κ3) is 6.67. The number of benzene rings is 3. The quantitative estimate of drug-likeness (QED) is 0.336. The van der Waals surface area contributed by atoms with E-state index in [-0.39, 0.29) is 13.1 Å². The minimum absolute atomic E-state index is 0.0427. The van der Waals surface area contributed by atoms with E-state index < -0.39 is 23.9 Å². The van der Waals surface area contributed by atoms with E-state index in [0.29, 0.717) is 39.2 Å². The number of oxime groups is 1. The second kappa shape index (κ2) is 11.3. The number of rotatable bonds is 7. The number of methoxy groups -OCH3 is 1. The van der Waals surface area contributed by atoms with Crippen molar-refractivity contribution in [2.24, 2.45) is 5.16 Å². The molecule has 0 bridgehead atoms. The van der Waals surface area contributed by atoms with Crippen LogP contribution < -0.4 is 10.1 Å². The Kier molecular flexibility index (Phi) is 8.14. The first kappa shape index (κ1) is 26.6. The van der Waals surface area contributed by atoms with Crippen molar-refractivity contribution in [2.45, 2.75) is 25.2 Å². The average molecular weight is 552 g/mol. The van der Waals surface area contributed by atoms with Crippen molar-refractivity contribution in [3.05, 3.63) is 93.5 Å². The molecule has 0 radical (unpaired) electrons. The van der Waals surface area contributed by atoms with E-state index in [1.807, 2.05) is 0 Å². The monoisotopic (exact) mass is 551 g/mol. The molecule has 6 nitrogen and oxygen atoms in total. The molecule has 1 aliphatic heterocycles. The van der Waals surface area contributed by atoms with E-state index in [9.17, 15) is 18.0 Å². The lowest BCUT2D eigenvalue weighted by Crippen LogP contribution is -2.40. The molecule has 3 aromatic rings. The van der Waals surface area contributed by atoms with Gasteiger partial charge in [-0.05, 0) is 42.0 Å². The summed E-state index contributed by atoms with van der Waals surface area (Å²) >= 11 is 12.1. The third-order valence-corrected chi connectivity index (χ3v) is 6.44. The summed E-state index contributed by atoms with van der Waals surface area (Å²) in [6.45, 7) is 0.164.